The summed E-state index contributed by atoms with van der Waals surface area (Å²) in [5, 5.41) is 6.12. The third kappa shape index (κ3) is 6.57. The summed E-state index contributed by atoms with van der Waals surface area (Å²) in [4.78, 5) is 25.2. The van der Waals surface area contributed by atoms with Crippen LogP contribution in [0.15, 0.2) is 0 Å². The summed E-state index contributed by atoms with van der Waals surface area (Å²) in [6.45, 7) is 6.91. The van der Waals surface area contributed by atoms with Gasteiger partial charge in [-0.05, 0) is 37.8 Å². The molecule has 1 aliphatic heterocycles. The average Bonchev–Trinajstić information content (AvgIpc) is 2.37. The van der Waals surface area contributed by atoms with Crippen molar-refractivity contribution in [3.63, 3.8) is 0 Å². The van der Waals surface area contributed by atoms with E-state index in [1.54, 1.807) is 7.05 Å². The molecule has 5 heteroatoms. The molecule has 5 nitrogen and oxygen atoms in total. The van der Waals surface area contributed by atoms with Crippen LogP contribution in [0.2, 0.25) is 0 Å². The van der Waals surface area contributed by atoms with Crippen LogP contribution >= 0.6 is 0 Å². The van der Waals surface area contributed by atoms with E-state index in [2.05, 4.69) is 10.6 Å². The van der Waals surface area contributed by atoms with Crippen molar-refractivity contribution in [1.29, 1.82) is 0 Å². The Morgan fingerprint density at radius 2 is 1.95 bits per heavy atom. The number of hydrogen-bond donors (Lipinski definition) is 2. The number of carbonyl (C=O) groups is 2. The molecular weight excluding hydrogens is 242 g/mol. The molecular formula is C14H27N3O2. The fourth-order valence-electron chi connectivity index (χ4n) is 2.17. The number of amides is 2. The molecule has 1 saturated heterocycles. The maximum Gasteiger partial charge on any atom is 0.239 e. The van der Waals surface area contributed by atoms with Crippen LogP contribution in [0.4, 0.5) is 0 Å². The lowest BCUT2D eigenvalue weighted by molar-refractivity contribution is -0.135. The van der Waals surface area contributed by atoms with Gasteiger partial charge < -0.3 is 15.5 Å². The van der Waals surface area contributed by atoms with E-state index in [-0.39, 0.29) is 18.4 Å². The normalized spacial score (nSPS) is 16.4. The van der Waals surface area contributed by atoms with E-state index in [1.807, 2.05) is 13.8 Å². The highest BCUT2D eigenvalue weighted by atomic mass is 16.2. The third-order valence-corrected chi connectivity index (χ3v) is 3.44. The number of rotatable bonds is 6. The van der Waals surface area contributed by atoms with Crippen molar-refractivity contribution in [3.05, 3.63) is 0 Å². The first-order chi connectivity index (χ1) is 8.99. The number of nitrogens with one attached hydrogen (secondary N) is 2. The molecule has 0 spiro atoms. The molecule has 110 valence electrons. The van der Waals surface area contributed by atoms with E-state index in [9.17, 15) is 9.59 Å². The summed E-state index contributed by atoms with van der Waals surface area (Å²) in [5.41, 5.74) is 0. The second-order valence-electron chi connectivity index (χ2n) is 5.85. The first-order valence-electron chi connectivity index (χ1n) is 7.20. The zero-order chi connectivity index (χ0) is 14.3. The van der Waals surface area contributed by atoms with Crippen molar-refractivity contribution in [2.45, 2.75) is 33.1 Å². The van der Waals surface area contributed by atoms with Gasteiger partial charge in [-0.15, -0.1) is 0 Å². The van der Waals surface area contributed by atoms with Gasteiger partial charge in [0, 0.05) is 20.0 Å². The van der Waals surface area contributed by atoms with E-state index in [0.717, 1.165) is 25.9 Å². The van der Waals surface area contributed by atoms with E-state index < -0.39 is 0 Å². The van der Waals surface area contributed by atoms with Crippen LogP contribution < -0.4 is 10.6 Å². The quantitative estimate of drug-likeness (QED) is 0.742. The van der Waals surface area contributed by atoms with E-state index in [1.165, 1.54) is 4.90 Å². The smallest absolute Gasteiger partial charge is 0.239 e. The molecule has 0 unspecified atom stereocenters. The molecule has 0 aromatic heterocycles. The molecule has 1 aliphatic rings. The topological polar surface area (TPSA) is 61.4 Å². The molecule has 0 radical (unpaired) electrons. The summed E-state index contributed by atoms with van der Waals surface area (Å²) >= 11 is 0. The standard InChI is InChI=1S/C14H27N3O2/c1-11(2)9-16-13(18)10-17(3)14(19)8-12-4-6-15-7-5-12/h11-12,15H,4-10H2,1-3H3,(H,16,18). The van der Waals surface area contributed by atoms with Crippen LogP contribution in [0, 0.1) is 11.8 Å². The van der Waals surface area contributed by atoms with E-state index >= 15 is 0 Å². The van der Waals surface area contributed by atoms with Gasteiger partial charge in [0.2, 0.25) is 11.8 Å². The predicted octanol–water partition coefficient (Wildman–Crippen LogP) is 0.607. The van der Waals surface area contributed by atoms with Crippen LogP contribution in [0.5, 0.6) is 0 Å². The molecule has 2 N–H and O–H groups in total. The number of likely N-dealkylation sites (N-methyl/N-ethyl adjacent to an activating group) is 1. The molecule has 0 aromatic rings. The zero-order valence-corrected chi connectivity index (χ0v) is 12.4. The summed E-state index contributed by atoms with van der Waals surface area (Å²) in [5.74, 6) is 0.899. The Balaban J connectivity index is 2.25. The van der Waals surface area contributed by atoms with Crippen LogP contribution in [0.1, 0.15) is 33.1 Å². The van der Waals surface area contributed by atoms with Gasteiger partial charge >= 0.3 is 0 Å². The Morgan fingerprint density at radius 1 is 1.32 bits per heavy atom. The minimum Gasteiger partial charge on any atom is -0.354 e. The molecule has 2 amide bonds. The van der Waals surface area contributed by atoms with Gasteiger partial charge in [-0.3, -0.25) is 9.59 Å². The molecule has 0 bridgehead atoms. The maximum absolute atomic E-state index is 12.0. The summed E-state index contributed by atoms with van der Waals surface area (Å²) in [6, 6.07) is 0. The third-order valence-electron chi connectivity index (χ3n) is 3.44. The maximum atomic E-state index is 12.0. The van der Waals surface area contributed by atoms with Crippen LogP contribution in [0.3, 0.4) is 0 Å². The number of carbonyl (C=O) groups excluding carboxylic acids is 2. The van der Waals surface area contributed by atoms with Crippen molar-refractivity contribution >= 4 is 11.8 Å². The van der Waals surface area contributed by atoms with Crippen LogP contribution in [0.25, 0.3) is 0 Å². The lowest BCUT2D eigenvalue weighted by atomic mass is 9.94. The summed E-state index contributed by atoms with van der Waals surface area (Å²) in [6.07, 6.45) is 2.67. The van der Waals surface area contributed by atoms with Gasteiger partial charge in [0.05, 0.1) is 6.54 Å². The van der Waals surface area contributed by atoms with E-state index in [0.29, 0.717) is 24.8 Å². The highest BCUT2D eigenvalue weighted by Crippen LogP contribution is 2.16. The van der Waals surface area contributed by atoms with Crippen molar-refractivity contribution in [2.75, 3.05) is 33.2 Å². The molecule has 0 aromatic carbocycles. The molecule has 0 aliphatic carbocycles. The molecule has 0 atom stereocenters. The van der Waals surface area contributed by atoms with Gasteiger partial charge in [-0.25, -0.2) is 0 Å². The molecule has 1 heterocycles. The molecule has 19 heavy (non-hydrogen) atoms. The highest BCUT2D eigenvalue weighted by Gasteiger charge is 2.20. The number of piperidine rings is 1. The Hall–Kier alpha value is -1.10. The van der Waals surface area contributed by atoms with Crippen molar-refractivity contribution in [3.8, 4) is 0 Å². The molecule has 1 fully saturated rings. The largest absolute Gasteiger partial charge is 0.354 e. The summed E-state index contributed by atoms with van der Waals surface area (Å²) < 4.78 is 0. The van der Waals surface area contributed by atoms with Crippen LogP contribution in [-0.4, -0.2) is 49.9 Å². The van der Waals surface area contributed by atoms with Crippen molar-refractivity contribution in [2.24, 2.45) is 11.8 Å². The first kappa shape index (κ1) is 16.0. The second kappa shape index (κ2) is 8.15. The number of nitrogens with zero attached hydrogens (tertiary/aromatic N) is 1. The Kier molecular flexibility index (Phi) is 6.84. The number of hydrogen-bond acceptors (Lipinski definition) is 3. The summed E-state index contributed by atoms with van der Waals surface area (Å²) in [7, 11) is 1.71. The zero-order valence-electron chi connectivity index (χ0n) is 12.4. The fraction of sp³-hybridized carbons (Fsp3) is 0.857. The van der Waals surface area contributed by atoms with Gasteiger partial charge in [-0.1, -0.05) is 13.8 Å². The second-order valence-corrected chi connectivity index (χ2v) is 5.85. The lowest BCUT2D eigenvalue weighted by Gasteiger charge is -2.24. The monoisotopic (exact) mass is 269 g/mol. The lowest BCUT2D eigenvalue weighted by Crippen LogP contribution is -2.40. The Labute approximate surface area is 116 Å². The van der Waals surface area contributed by atoms with Crippen LogP contribution in [-0.2, 0) is 9.59 Å². The first-order valence-corrected chi connectivity index (χ1v) is 7.20. The van der Waals surface area contributed by atoms with Crippen molar-refractivity contribution in [1.82, 2.24) is 15.5 Å². The minimum absolute atomic E-state index is 0.0742. The van der Waals surface area contributed by atoms with Gasteiger partial charge in [-0.2, -0.15) is 0 Å². The molecule has 0 saturated carbocycles. The minimum atomic E-state index is -0.0742. The van der Waals surface area contributed by atoms with Gasteiger partial charge in [0.1, 0.15) is 0 Å². The SMILES string of the molecule is CC(C)CNC(=O)CN(C)C(=O)CC1CCNCC1. The van der Waals surface area contributed by atoms with Crippen molar-refractivity contribution < 1.29 is 9.59 Å². The predicted molar refractivity (Wildman–Crippen MR) is 75.7 cm³/mol. The van der Waals surface area contributed by atoms with Gasteiger partial charge in [0.25, 0.3) is 0 Å². The average molecular weight is 269 g/mol. The Bertz CT molecular complexity index is 299. The molecule has 1 rings (SSSR count). The van der Waals surface area contributed by atoms with E-state index in [4.69, 9.17) is 0 Å². The Morgan fingerprint density at radius 3 is 2.53 bits per heavy atom. The fourth-order valence-corrected chi connectivity index (χ4v) is 2.17. The van der Waals surface area contributed by atoms with Gasteiger partial charge in [0.15, 0.2) is 0 Å². The highest BCUT2D eigenvalue weighted by molar-refractivity contribution is 5.84.